The highest BCUT2D eigenvalue weighted by atomic mass is 35.5. The molecule has 0 aliphatic heterocycles. The second kappa shape index (κ2) is 8.55. The molecule has 0 aliphatic rings. The van der Waals surface area contributed by atoms with Gasteiger partial charge in [0.15, 0.2) is 0 Å². The molecule has 0 bridgehead atoms. The van der Waals surface area contributed by atoms with Gasteiger partial charge in [-0.2, -0.15) is 11.8 Å². The summed E-state index contributed by atoms with van der Waals surface area (Å²) >= 11 is 13.7. The minimum absolute atomic E-state index is 0.0448. The van der Waals surface area contributed by atoms with Crippen LogP contribution in [0.2, 0.25) is 10.0 Å². The van der Waals surface area contributed by atoms with E-state index in [1.54, 1.807) is 23.9 Å². The quantitative estimate of drug-likeness (QED) is 0.508. The molecule has 0 saturated carbocycles. The molecule has 0 heterocycles. The summed E-state index contributed by atoms with van der Waals surface area (Å²) in [6.45, 7) is 3.98. The van der Waals surface area contributed by atoms with Gasteiger partial charge in [-0.05, 0) is 71.2 Å². The number of thioether (sulfide) groups is 1. The van der Waals surface area contributed by atoms with Gasteiger partial charge >= 0.3 is 0 Å². The summed E-state index contributed by atoms with van der Waals surface area (Å²) in [6, 6.07) is 8.06. The molecule has 0 saturated heterocycles. The van der Waals surface area contributed by atoms with E-state index >= 15 is 0 Å². The van der Waals surface area contributed by atoms with Crippen LogP contribution in [0.15, 0.2) is 30.3 Å². The van der Waals surface area contributed by atoms with E-state index in [-0.39, 0.29) is 28.5 Å². The average Bonchev–Trinajstić information content (AvgIpc) is 2.49. The molecule has 130 valence electrons. The van der Waals surface area contributed by atoms with Crippen molar-refractivity contribution >= 4 is 35.0 Å². The standard InChI is InChI=1S/C19H20Cl2F2S/c1-11(14-7-15(20)9-16(22)8-14)4-13-5-17(12(2)10-24-3)19(23)18(21)6-13/h5-9,11-12H,4,10H2,1-3H3/t11?,12-/m1/s1. The molecule has 0 aliphatic carbocycles. The summed E-state index contributed by atoms with van der Waals surface area (Å²) in [5.74, 6) is 0.255. The van der Waals surface area contributed by atoms with Crippen LogP contribution in [0.25, 0.3) is 0 Å². The van der Waals surface area contributed by atoms with E-state index < -0.39 is 0 Å². The fourth-order valence-corrected chi connectivity index (χ4v) is 3.98. The number of rotatable bonds is 6. The first-order valence-corrected chi connectivity index (χ1v) is 9.89. The molecule has 0 radical (unpaired) electrons. The maximum absolute atomic E-state index is 14.3. The maximum Gasteiger partial charge on any atom is 0.145 e. The van der Waals surface area contributed by atoms with Gasteiger partial charge in [0.25, 0.3) is 0 Å². The molecule has 2 aromatic rings. The van der Waals surface area contributed by atoms with E-state index in [1.165, 1.54) is 12.1 Å². The van der Waals surface area contributed by atoms with Crippen molar-refractivity contribution in [2.45, 2.75) is 32.1 Å². The first-order valence-electron chi connectivity index (χ1n) is 7.74. The van der Waals surface area contributed by atoms with Crippen molar-refractivity contribution < 1.29 is 8.78 Å². The average molecular weight is 389 g/mol. The first-order chi connectivity index (χ1) is 11.3. The Morgan fingerprint density at radius 1 is 1.00 bits per heavy atom. The summed E-state index contributed by atoms with van der Waals surface area (Å²) in [5, 5.41) is 0.517. The van der Waals surface area contributed by atoms with Crippen LogP contribution in [0.1, 0.15) is 42.4 Å². The largest absolute Gasteiger partial charge is 0.207 e. The summed E-state index contributed by atoms with van der Waals surface area (Å²) in [5.41, 5.74) is 2.40. The number of hydrogen-bond acceptors (Lipinski definition) is 1. The molecule has 0 nitrogen and oxygen atoms in total. The Morgan fingerprint density at radius 2 is 1.71 bits per heavy atom. The molecule has 24 heavy (non-hydrogen) atoms. The lowest BCUT2D eigenvalue weighted by Crippen LogP contribution is -2.05. The van der Waals surface area contributed by atoms with Crippen molar-refractivity contribution in [2.75, 3.05) is 12.0 Å². The van der Waals surface area contributed by atoms with E-state index in [2.05, 4.69) is 0 Å². The topological polar surface area (TPSA) is 0 Å². The third-order valence-electron chi connectivity index (χ3n) is 4.06. The van der Waals surface area contributed by atoms with E-state index in [0.29, 0.717) is 17.0 Å². The lowest BCUT2D eigenvalue weighted by Gasteiger charge is -2.17. The molecular formula is C19H20Cl2F2S. The molecule has 5 heteroatoms. The van der Waals surface area contributed by atoms with E-state index in [1.807, 2.05) is 26.2 Å². The van der Waals surface area contributed by atoms with Crippen molar-refractivity contribution in [2.24, 2.45) is 0 Å². The number of benzene rings is 2. The van der Waals surface area contributed by atoms with Gasteiger partial charge in [-0.25, -0.2) is 8.78 Å². The third kappa shape index (κ3) is 4.87. The van der Waals surface area contributed by atoms with Gasteiger partial charge in [0.1, 0.15) is 11.6 Å². The molecule has 0 aromatic heterocycles. The molecule has 0 amide bonds. The van der Waals surface area contributed by atoms with Crippen molar-refractivity contribution in [3.05, 3.63) is 68.7 Å². The van der Waals surface area contributed by atoms with Crippen molar-refractivity contribution in [3.8, 4) is 0 Å². The van der Waals surface area contributed by atoms with E-state index in [9.17, 15) is 8.78 Å². The summed E-state index contributed by atoms with van der Waals surface area (Å²) in [4.78, 5) is 0. The van der Waals surface area contributed by atoms with E-state index in [4.69, 9.17) is 23.2 Å². The van der Waals surface area contributed by atoms with Crippen molar-refractivity contribution in [1.82, 2.24) is 0 Å². The predicted molar refractivity (Wildman–Crippen MR) is 102 cm³/mol. The van der Waals surface area contributed by atoms with Gasteiger partial charge in [0, 0.05) is 5.02 Å². The van der Waals surface area contributed by atoms with Crippen LogP contribution >= 0.6 is 35.0 Å². The van der Waals surface area contributed by atoms with Crippen LogP contribution in [-0.2, 0) is 6.42 Å². The van der Waals surface area contributed by atoms with Gasteiger partial charge in [-0.1, -0.05) is 43.1 Å². The van der Waals surface area contributed by atoms with Crippen LogP contribution in [-0.4, -0.2) is 12.0 Å². The fraction of sp³-hybridized carbons (Fsp3) is 0.368. The molecule has 2 rings (SSSR count). The highest BCUT2D eigenvalue weighted by molar-refractivity contribution is 7.98. The Kier molecular flexibility index (Phi) is 6.97. The zero-order valence-corrected chi connectivity index (χ0v) is 16.2. The second-order valence-corrected chi connectivity index (χ2v) is 7.90. The molecule has 0 fully saturated rings. The van der Waals surface area contributed by atoms with Gasteiger partial charge in [0.2, 0.25) is 0 Å². The van der Waals surface area contributed by atoms with Crippen LogP contribution in [0.4, 0.5) is 8.78 Å². The SMILES string of the molecule is CSC[C@@H](C)c1cc(CC(C)c2cc(F)cc(Cl)c2)cc(Cl)c1F. The normalized spacial score (nSPS) is 13.8. The zero-order valence-electron chi connectivity index (χ0n) is 13.9. The fourth-order valence-electron chi connectivity index (χ4n) is 2.82. The molecule has 2 atom stereocenters. The molecule has 1 unspecified atom stereocenters. The molecule has 0 N–H and O–H groups in total. The lowest BCUT2D eigenvalue weighted by molar-refractivity contribution is 0.597. The zero-order chi connectivity index (χ0) is 17.9. The minimum Gasteiger partial charge on any atom is -0.207 e. The first kappa shape index (κ1) is 19.6. The van der Waals surface area contributed by atoms with Crippen molar-refractivity contribution in [3.63, 3.8) is 0 Å². The Hall–Kier alpha value is -0.770. The van der Waals surface area contributed by atoms with Gasteiger partial charge < -0.3 is 0 Å². The van der Waals surface area contributed by atoms with Crippen LogP contribution in [0, 0.1) is 11.6 Å². The molecule has 0 spiro atoms. The second-order valence-electron chi connectivity index (χ2n) is 6.15. The third-order valence-corrected chi connectivity index (χ3v) is 5.39. The number of hydrogen-bond donors (Lipinski definition) is 0. The lowest BCUT2D eigenvalue weighted by atomic mass is 9.91. The summed E-state index contributed by atoms with van der Waals surface area (Å²) in [7, 11) is 0. The monoisotopic (exact) mass is 388 g/mol. The minimum atomic E-state index is -0.351. The summed E-state index contributed by atoms with van der Waals surface area (Å²) in [6.07, 6.45) is 2.63. The molecule has 2 aromatic carbocycles. The van der Waals surface area contributed by atoms with Crippen LogP contribution in [0.5, 0.6) is 0 Å². The van der Waals surface area contributed by atoms with Gasteiger partial charge in [-0.15, -0.1) is 0 Å². The Balaban J connectivity index is 2.28. The van der Waals surface area contributed by atoms with Crippen LogP contribution < -0.4 is 0 Å². The Bertz CT molecular complexity index is 699. The molecular weight excluding hydrogens is 369 g/mol. The number of halogens is 4. The summed E-state index contributed by atoms with van der Waals surface area (Å²) < 4.78 is 27.9. The predicted octanol–water partition coefficient (Wildman–Crippen LogP) is 7.08. The maximum atomic E-state index is 14.3. The smallest absolute Gasteiger partial charge is 0.145 e. The highest BCUT2D eigenvalue weighted by Gasteiger charge is 2.17. The van der Waals surface area contributed by atoms with Crippen molar-refractivity contribution in [1.29, 1.82) is 0 Å². The van der Waals surface area contributed by atoms with Gasteiger partial charge in [0.05, 0.1) is 5.02 Å². The Labute approximate surface area is 156 Å². The van der Waals surface area contributed by atoms with Crippen LogP contribution in [0.3, 0.4) is 0 Å². The Morgan fingerprint density at radius 3 is 2.33 bits per heavy atom. The highest BCUT2D eigenvalue weighted by Crippen LogP contribution is 2.31. The van der Waals surface area contributed by atoms with E-state index in [0.717, 1.165) is 16.9 Å². The van der Waals surface area contributed by atoms with Gasteiger partial charge in [-0.3, -0.25) is 0 Å².